The quantitative estimate of drug-likeness (QED) is 0.656. The lowest BCUT2D eigenvalue weighted by Gasteiger charge is -2.20. The van der Waals surface area contributed by atoms with Gasteiger partial charge in [0.25, 0.3) is 0 Å². The molecule has 0 saturated carbocycles. The number of hydrogen-bond donors (Lipinski definition) is 3. The third-order valence-electron chi connectivity index (χ3n) is 3.38. The summed E-state index contributed by atoms with van der Waals surface area (Å²) >= 11 is 0. The fraction of sp³-hybridized carbons (Fsp3) is 0.611. The molecule has 0 spiro atoms. The Morgan fingerprint density at radius 1 is 1.18 bits per heavy atom. The third kappa shape index (κ3) is 8.15. The first-order valence-corrected chi connectivity index (χ1v) is 7.83. The lowest BCUT2D eigenvalue weighted by molar-refractivity contribution is -0.123. The molecule has 126 valence electrons. The summed E-state index contributed by atoms with van der Waals surface area (Å²) in [5.74, 6) is 0.532. The molecule has 1 unspecified atom stereocenters. The van der Waals surface area contributed by atoms with Crippen molar-refractivity contribution in [3.8, 4) is 0 Å². The van der Waals surface area contributed by atoms with Crippen LogP contribution in [0.15, 0.2) is 30.3 Å². The van der Waals surface area contributed by atoms with Crippen LogP contribution in [0.25, 0.3) is 0 Å². The molecule has 4 nitrogen and oxygen atoms in total. The van der Waals surface area contributed by atoms with Crippen molar-refractivity contribution in [2.45, 2.75) is 53.1 Å². The van der Waals surface area contributed by atoms with Gasteiger partial charge in [0, 0.05) is 19.1 Å². The molecule has 0 aromatic heterocycles. The molecule has 0 aliphatic rings. The number of nitrogens with one attached hydrogen (secondary N) is 2. The first-order valence-electron chi connectivity index (χ1n) is 7.83. The normalized spacial score (nSPS) is 13.3. The highest BCUT2D eigenvalue weighted by Gasteiger charge is 2.16. The molecule has 0 saturated heterocycles. The van der Waals surface area contributed by atoms with Gasteiger partial charge in [-0.3, -0.25) is 4.79 Å². The highest BCUT2D eigenvalue weighted by atomic mass is 16.2. The second-order valence-electron chi connectivity index (χ2n) is 5.96. The van der Waals surface area contributed by atoms with Crippen molar-refractivity contribution in [2.75, 3.05) is 13.1 Å². The number of benzene rings is 1. The van der Waals surface area contributed by atoms with Gasteiger partial charge in [-0.25, -0.2) is 0 Å². The monoisotopic (exact) mass is 307 g/mol. The lowest BCUT2D eigenvalue weighted by Crippen LogP contribution is -2.48. The molecule has 0 fully saturated rings. The molecule has 4 N–H and O–H groups in total. The Kier molecular flexibility index (Phi) is 10.5. The molecular formula is C18H33N3O. The standard InChI is InChI=1S/C17H29N3O.CH4/c1-4-16(17(21)20-11-13(2)3)19-12-15(18)10-14-8-6-5-7-9-14;/h5-9,13,15-16,19H,4,10-12,18H2,1-3H3,(H,20,21);1H4/t15?,16-;/m0./s1. The smallest absolute Gasteiger partial charge is 0.237 e. The summed E-state index contributed by atoms with van der Waals surface area (Å²) in [6, 6.07) is 10.0. The predicted molar refractivity (Wildman–Crippen MR) is 94.8 cm³/mol. The van der Waals surface area contributed by atoms with E-state index in [0.717, 1.165) is 12.8 Å². The van der Waals surface area contributed by atoms with Crippen LogP contribution in [0.1, 0.15) is 40.2 Å². The van der Waals surface area contributed by atoms with Gasteiger partial charge in [0.15, 0.2) is 0 Å². The van der Waals surface area contributed by atoms with Crippen LogP contribution in [0.4, 0.5) is 0 Å². The zero-order chi connectivity index (χ0) is 15.7. The Morgan fingerprint density at radius 3 is 2.36 bits per heavy atom. The number of rotatable bonds is 9. The van der Waals surface area contributed by atoms with Gasteiger partial charge in [-0.1, -0.05) is 58.5 Å². The van der Waals surface area contributed by atoms with Crippen LogP contribution in [-0.2, 0) is 11.2 Å². The number of nitrogens with two attached hydrogens (primary N) is 1. The van der Waals surface area contributed by atoms with Crippen LogP contribution in [0, 0.1) is 5.92 Å². The second kappa shape index (κ2) is 11.2. The van der Waals surface area contributed by atoms with Crippen LogP contribution in [0.3, 0.4) is 0 Å². The molecule has 1 rings (SSSR count). The molecule has 22 heavy (non-hydrogen) atoms. The summed E-state index contributed by atoms with van der Waals surface area (Å²) in [5.41, 5.74) is 7.36. The summed E-state index contributed by atoms with van der Waals surface area (Å²) in [7, 11) is 0. The van der Waals surface area contributed by atoms with Crippen LogP contribution in [0.5, 0.6) is 0 Å². The minimum Gasteiger partial charge on any atom is -0.354 e. The van der Waals surface area contributed by atoms with Crippen molar-refractivity contribution in [3.05, 3.63) is 35.9 Å². The molecule has 0 bridgehead atoms. The minimum absolute atomic E-state index is 0. The second-order valence-corrected chi connectivity index (χ2v) is 5.96. The number of amides is 1. The minimum atomic E-state index is -0.162. The highest BCUT2D eigenvalue weighted by molar-refractivity contribution is 5.81. The van der Waals surface area contributed by atoms with Gasteiger partial charge < -0.3 is 16.4 Å². The van der Waals surface area contributed by atoms with E-state index in [4.69, 9.17) is 5.73 Å². The predicted octanol–water partition coefficient (Wildman–Crippen LogP) is 2.33. The Balaban J connectivity index is 0.00000441. The summed E-state index contributed by atoms with van der Waals surface area (Å²) < 4.78 is 0. The molecule has 1 aromatic carbocycles. The Labute approximate surface area is 135 Å². The van der Waals surface area contributed by atoms with E-state index in [-0.39, 0.29) is 25.4 Å². The fourth-order valence-electron chi connectivity index (χ4n) is 2.13. The van der Waals surface area contributed by atoms with E-state index < -0.39 is 0 Å². The summed E-state index contributed by atoms with van der Waals surface area (Å²) in [6.07, 6.45) is 1.58. The Bertz CT molecular complexity index is 406. The van der Waals surface area contributed by atoms with Crippen molar-refractivity contribution in [2.24, 2.45) is 11.7 Å². The maximum atomic E-state index is 12.0. The van der Waals surface area contributed by atoms with Gasteiger partial charge in [0.05, 0.1) is 6.04 Å². The first-order chi connectivity index (χ1) is 10.0. The zero-order valence-electron chi connectivity index (χ0n) is 13.4. The van der Waals surface area contributed by atoms with Gasteiger partial charge in [-0.05, 0) is 24.3 Å². The molecule has 0 aliphatic heterocycles. The Morgan fingerprint density at radius 2 is 1.82 bits per heavy atom. The van der Waals surface area contributed by atoms with E-state index in [1.165, 1.54) is 5.56 Å². The molecule has 4 heteroatoms. The maximum absolute atomic E-state index is 12.0. The zero-order valence-corrected chi connectivity index (χ0v) is 13.4. The van der Waals surface area contributed by atoms with Crippen LogP contribution < -0.4 is 16.4 Å². The summed E-state index contributed by atoms with van der Waals surface area (Å²) in [4.78, 5) is 12.0. The van der Waals surface area contributed by atoms with Crippen LogP contribution >= 0.6 is 0 Å². The van der Waals surface area contributed by atoms with Gasteiger partial charge in [-0.2, -0.15) is 0 Å². The van der Waals surface area contributed by atoms with E-state index in [9.17, 15) is 4.79 Å². The van der Waals surface area contributed by atoms with E-state index in [0.29, 0.717) is 19.0 Å². The third-order valence-corrected chi connectivity index (χ3v) is 3.38. The van der Waals surface area contributed by atoms with E-state index in [2.05, 4.69) is 36.6 Å². The van der Waals surface area contributed by atoms with Gasteiger partial charge in [0.1, 0.15) is 0 Å². The van der Waals surface area contributed by atoms with Crippen LogP contribution in [0.2, 0.25) is 0 Å². The number of carbonyl (C=O) groups excluding carboxylic acids is 1. The van der Waals surface area contributed by atoms with Gasteiger partial charge >= 0.3 is 0 Å². The van der Waals surface area contributed by atoms with Gasteiger partial charge in [0.2, 0.25) is 5.91 Å². The lowest BCUT2D eigenvalue weighted by atomic mass is 10.1. The van der Waals surface area contributed by atoms with Crippen molar-refractivity contribution < 1.29 is 4.79 Å². The summed E-state index contributed by atoms with van der Waals surface area (Å²) in [6.45, 7) is 7.54. The SMILES string of the molecule is C.CC[C@H](NCC(N)Cc1ccccc1)C(=O)NCC(C)C. The molecule has 0 radical (unpaired) electrons. The molecule has 1 amide bonds. The fourth-order valence-corrected chi connectivity index (χ4v) is 2.13. The molecular weight excluding hydrogens is 274 g/mol. The molecule has 2 atom stereocenters. The summed E-state index contributed by atoms with van der Waals surface area (Å²) in [5, 5.41) is 6.24. The van der Waals surface area contributed by atoms with E-state index in [1.807, 2.05) is 25.1 Å². The largest absolute Gasteiger partial charge is 0.354 e. The average molecular weight is 307 g/mol. The van der Waals surface area contributed by atoms with Crippen molar-refractivity contribution in [1.82, 2.24) is 10.6 Å². The van der Waals surface area contributed by atoms with Crippen molar-refractivity contribution in [1.29, 1.82) is 0 Å². The average Bonchev–Trinajstić information content (AvgIpc) is 2.46. The first kappa shape index (κ1) is 20.6. The molecule has 1 aromatic rings. The maximum Gasteiger partial charge on any atom is 0.237 e. The molecule has 0 aliphatic carbocycles. The van der Waals surface area contributed by atoms with E-state index in [1.54, 1.807) is 0 Å². The topological polar surface area (TPSA) is 67.1 Å². The Hall–Kier alpha value is -1.39. The number of carbonyl (C=O) groups is 1. The van der Waals surface area contributed by atoms with Crippen LogP contribution in [-0.4, -0.2) is 31.1 Å². The van der Waals surface area contributed by atoms with E-state index >= 15 is 0 Å². The van der Waals surface area contributed by atoms with Gasteiger partial charge in [-0.15, -0.1) is 0 Å². The van der Waals surface area contributed by atoms with Crippen molar-refractivity contribution >= 4 is 5.91 Å². The molecule has 0 heterocycles. The number of hydrogen-bond acceptors (Lipinski definition) is 3. The highest BCUT2D eigenvalue weighted by Crippen LogP contribution is 2.02. The van der Waals surface area contributed by atoms with Crippen molar-refractivity contribution in [3.63, 3.8) is 0 Å².